The second kappa shape index (κ2) is 5.82. The molecule has 0 spiro atoms. The molecule has 1 aliphatic carbocycles. The molecule has 4 rings (SSSR count). The zero-order valence-electron chi connectivity index (χ0n) is 14.3. The number of hydrogen-bond donors (Lipinski definition) is 1. The number of aliphatic hydroxyl groups excluding tert-OH is 1. The lowest BCUT2D eigenvalue weighted by Gasteiger charge is -2.56. The third kappa shape index (κ3) is 3.09. The first kappa shape index (κ1) is 16.3. The highest BCUT2D eigenvalue weighted by molar-refractivity contribution is 5.70. The summed E-state index contributed by atoms with van der Waals surface area (Å²) >= 11 is 0. The first-order valence-electron chi connectivity index (χ1n) is 8.55. The average Bonchev–Trinajstić information content (AvgIpc) is 2.54. The average molecular weight is 317 g/mol. The maximum atomic E-state index is 12.7. The molecule has 126 valence electrons. The second-order valence-corrected chi connectivity index (χ2v) is 7.95. The van der Waals surface area contributed by atoms with Crippen LogP contribution in [0.25, 0.3) is 0 Å². The first-order valence-corrected chi connectivity index (χ1v) is 8.55. The molecule has 2 bridgehead atoms. The number of fused-ring (bicyclic) bond motifs is 3. The van der Waals surface area contributed by atoms with Crippen molar-refractivity contribution in [3.05, 3.63) is 35.9 Å². The van der Waals surface area contributed by atoms with E-state index in [1.165, 1.54) is 0 Å². The predicted molar refractivity (Wildman–Crippen MR) is 89.0 cm³/mol. The van der Waals surface area contributed by atoms with E-state index in [-0.39, 0.29) is 6.09 Å². The number of nitrogens with zero attached hydrogens (tertiary/aromatic N) is 1. The lowest BCUT2D eigenvalue weighted by Crippen LogP contribution is -2.63. The predicted octanol–water partition coefficient (Wildman–Crippen LogP) is 3.90. The van der Waals surface area contributed by atoms with Gasteiger partial charge in [-0.05, 0) is 57.9 Å². The fourth-order valence-corrected chi connectivity index (χ4v) is 4.01. The van der Waals surface area contributed by atoms with Crippen LogP contribution in [0.5, 0.6) is 0 Å². The molecule has 2 heterocycles. The summed E-state index contributed by atoms with van der Waals surface area (Å²) in [7, 11) is 0. The van der Waals surface area contributed by atoms with E-state index in [1.807, 2.05) is 56.0 Å². The van der Waals surface area contributed by atoms with Crippen LogP contribution < -0.4 is 0 Å². The van der Waals surface area contributed by atoms with Crippen LogP contribution in [-0.2, 0) is 4.74 Å². The molecule has 1 aromatic carbocycles. The molecule has 1 atom stereocenters. The number of aliphatic hydroxyl groups is 1. The number of piperidine rings is 2. The van der Waals surface area contributed by atoms with E-state index in [2.05, 4.69) is 0 Å². The number of rotatable bonds is 2. The largest absolute Gasteiger partial charge is 0.444 e. The van der Waals surface area contributed by atoms with E-state index in [0.717, 1.165) is 31.2 Å². The van der Waals surface area contributed by atoms with E-state index in [0.29, 0.717) is 12.5 Å². The Morgan fingerprint density at radius 1 is 1.26 bits per heavy atom. The fourth-order valence-electron chi connectivity index (χ4n) is 4.01. The van der Waals surface area contributed by atoms with E-state index in [4.69, 9.17) is 4.74 Å². The normalized spacial score (nSPS) is 28.5. The molecule has 1 unspecified atom stereocenters. The van der Waals surface area contributed by atoms with Gasteiger partial charge in [0.15, 0.2) is 0 Å². The van der Waals surface area contributed by atoms with Crippen molar-refractivity contribution in [2.45, 2.75) is 63.7 Å². The Balaban J connectivity index is 1.90. The molecule has 1 aromatic rings. The Morgan fingerprint density at radius 2 is 1.87 bits per heavy atom. The second-order valence-electron chi connectivity index (χ2n) is 7.95. The lowest BCUT2D eigenvalue weighted by molar-refractivity contribution is -0.108. The van der Waals surface area contributed by atoms with E-state index in [9.17, 15) is 9.90 Å². The Morgan fingerprint density at radius 3 is 2.43 bits per heavy atom. The van der Waals surface area contributed by atoms with E-state index in [1.54, 1.807) is 0 Å². The highest BCUT2D eigenvalue weighted by Crippen LogP contribution is 2.50. The van der Waals surface area contributed by atoms with E-state index < -0.39 is 17.2 Å². The van der Waals surface area contributed by atoms with Crippen LogP contribution in [0.1, 0.15) is 58.1 Å². The van der Waals surface area contributed by atoms with Crippen LogP contribution in [0.3, 0.4) is 0 Å². The standard InChI is InChI=1S/C19H27NO3/c1-18(2,3)23-17(22)20-13-14-9-11-19(20,12-10-14)16(21)15-7-5-4-6-8-15/h4-8,14,16,21H,9-13H2,1-3H3. The topological polar surface area (TPSA) is 49.8 Å². The van der Waals surface area contributed by atoms with Crippen molar-refractivity contribution in [1.82, 2.24) is 4.90 Å². The fraction of sp³-hybridized carbons (Fsp3) is 0.632. The van der Waals surface area contributed by atoms with Crippen LogP contribution in [0, 0.1) is 5.92 Å². The Kier molecular flexibility index (Phi) is 4.13. The molecule has 4 nitrogen and oxygen atoms in total. The van der Waals surface area contributed by atoms with Gasteiger partial charge in [0.05, 0.1) is 5.54 Å². The van der Waals surface area contributed by atoms with Gasteiger partial charge in [0.25, 0.3) is 0 Å². The summed E-state index contributed by atoms with van der Waals surface area (Å²) in [4.78, 5) is 14.6. The number of amides is 1. The minimum absolute atomic E-state index is 0.295. The monoisotopic (exact) mass is 317 g/mol. The molecule has 2 aliphatic heterocycles. The van der Waals surface area contributed by atoms with Crippen molar-refractivity contribution in [2.24, 2.45) is 5.92 Å². The third-order valence-electron chi connectivity index (χ3n) is 5.19. The van der Waals surface area contributed by atoms with Crippen molar-refractivity contribution in [1.29, 1.82) is 0 Å². The minimum atomic E-state index is -0.669. The van der Waals surface area contributed by atoms with Gasteiger partial charge in [0, 0.05) is 6.54 Å². The summed E-state index contributed by atoms with van der Waals surface area (Å²) in [5.41, 5.74) is -0.174. The van der Waals surface area contributed by atoms with Gasteiger partial charge in [-0.3, -0.25) is 4.90 Å². The molecule has 0 radical (unpaired) electrons. The summed E-state index contributed by atoms with van der Waals surface area (Å²) in [5.74, 6) is 0.535. The van der Waals surface area contributed by atoms with Crippen molar-refractivity contribution in [3.63, 3.8) is 0 Å². The molecule has 1 N–H and O–H groups in total. The van der Waals surface area contributed by atoms with Gasteiger partial charge in [-0.25, -0.2) is 4.79 Å². The Hall–Kier alpha value is -1.55. The van der Waals surface area contributed by atoms with Crippen molar-refractivity contribution in [2.75, 3.05) is 6.54 Å². The molecule has 3 fully saturated rings. The zero-order valence-corrected chi connectivity index (χ0v) is 14.3. The van der Waals surface area contributed by atoms with Crippen LogP contribution in [-0.4, -0.2) is 33.8 Å². The van der Waals surface area contributed by atoms with Crippen molar-refractivity contribution < 1.29 is 14.6 Å². The molecule has 23 heavy (non-hydrogen) atoms. The van der Waals surface area contributed by atoms with Gasteiger partial charge in [-0.15, -0.1) is 0 Å². The van der Waals surface area contributed by atoms with E-state index >= 15 is 0 Å². The Bertz CT molecular complexity index is 556. The summed E-state index contributed by atoms with van der Waals surface area (Å²) in [6.07, 6.45) is 2.86. The number of carbonyl (C=O) groups excluding carboxylic acids is 1. The number of ether oxygens (including phenoxy) is 1. The van der Waals surface area contributed by atoms with Crippen molar-refractivity contribution >= 4 is 6.09 Å². The quantitative estimate of drug-likeness (QED) is 0.900. The minimum Gasteiger partial charge on any atom is -0.444 e. The van der Waals surface area contributed by atoms with Gasteiger partial charge >= 0.3 is 6.09 Å². The van der Waals surface area contributed by atoms with Gasteiger partial charge in [-0.1, -0.05) is 30.3 Å². The lowest BCUT2D eigenvalue weighted by atomic mass is 9.66. The van der Waals surface area contributed by atoms with Crippen LogP contribution in [0.4, 0.5) is 4.79 Å². The van der Waals surface area contributed by atoms with Crippen molar-refractivity contribution in [3.8, 4) is 0 Å². The maximum Gasteiger partial charge on any atom is 0.410 e. The number of benzene rings is 1. The smallest absolute Gasteiger partial charge is 0.410 e. The molecule has 2 saturated heterocycles. The summed E-state index contributed by atoms with van der Waals surface area (Å²) < 4.78 is 5.62. The zero-order chi connectivity index (χ0) is 16.7. The number of hydrogen-bond acceptors (Lipinski definition) is 3. The number of carbonyl (C=O) groups is 1. The van der Waals surface area contributed by atoms with Gasteiger partial charge in [-0.2, -0.15) is 0 Å². The van der Waals surface area contributed by atoms with Crippen LogP contribution in [0.15, 0.2) is 30.3 Å². The first-order chi connectivity index (χ1) is 10.8. The van der Waals surface area contributed by atoms with Gasteiger partial charge in [0.1, 0.15) is 11.7 Å². The highest BCUT2D eigenvalue weighted by atomic mass is 16.6. The van der Waals surface area contributed by atoms with Crippen LogP contribution >= 0.6 is 0 Å². The molecule has 1 saturated carbocycles. The molecule has 3 aliphatic rings. The molecule has 1 amide bonds. The molecule has 0 aromatic heterocycles. The Labute approximate surface area is 138 Å². The molecule has 4 heteroatoms. The van der Waals surface area contributed by atoms with Gasteiger partial charge in [0.2, 0.25) is 0 Å². The molecular formula is C19H27NO3. The summed E-state index contributed by atoms with van der Waals surface area (Å²) in [5, 5.41) is 11.1. The third-order valence-corrected chi connectivity index (χ3v) is 5.19. The van der Waals surface area contributed by atoms with Crippen LogP contribution in [0.2, 0.25) is 0 Å². The van der Waals surface area contributed by atoms with Gasteiger partial charge < -0.3 is 9.84 Å². The SMILES string of the molecule is CC(C)(C)OC(=O)N1CC2CCC1(C(O)c1ccccc1)CC2. The highest BCUT2D eigenvalue weighted by Gasteiger charge is 2.53. The maximum absolute atomic E-state index is 12.7. The summed E-state index contributed by atoms with van der Waals surface area (Å²) in [6, 6.07) is 9.68. The molecular weight excluding hydrogens is 290 g/mol. The summed E-state index contributed by atoms with van der Waals surface area (Å²) in [6.45, 7) is 6.34.